The van der Waals surface area contributed by atoms with E-state index in [1.165, 1.54) is 16.8 Å². The molecular weight excluding hydrogens is 504 g/mol. The molecule has 1 atom stereocenters. The SMILES string of the molecule is COc1ccccc1N1CCN(CCC(c2ccccc2)c2ccc(Cl)cc2)CC1.O=C(O)/C=C\C(=O)O. The van der Waals surface area contributed by atoms with E-state index in [1.807, 2.05) is 24.3 Å². The summed E-state index contributed by atoms with van der Waals surface area (Å²) in [5, 5.41) is 16.4. The second-order valence-electron chi connectivity index (χ2n) is 8.81. The van der Waals surface area contributed by atoms with E-state index in [-0.39, 0.29) is 0 Å². The summed E-state index contributed by atoms with van der Waals surface area (Å²) >= 11 is 6.13. The first kappa shape index (κ1) is 28.8. The fraction of sp³-hybridized carbons (Fsp3) is 0.267. The Labute approximate surface area is 228 Å². The highest BCUT2D eigenvalue weighted by Gasteiger charge is 2.21. The van der Waals surface area contributed by atoms with E-state index < -0.39 is 11.9 Å². The van der Waals surface area contributed by atoms with Gasteiger partial charge >= 0.3 is 11.9 Å². The summed E-state index contributed by atoms with van der Waals surface area (Å²) in [6.07, 6.45) is 2.21. The predicted molar refractivity (Wildman–Crippen MR) is 150 cm³/mol. The molecule has 7 nitrogen and oxygen atoms in total. The van der Waals surface area contributed by atoms with Crippen LogP contribution >= 0.6 is 11.6 Å². The Hall–Kier alpha value is -3.81. The van der Waals surface area contributed by atoms with Crippen LogP contribution in [0.3, 0.4) is 0 Å². The quantitative estimate of drug-likeness (QED) is 0.354. The van der Waals surface area contributed by atoms with E-state index in [2.05, 4.69) is 64.4 Å². The number of halogens is 1. The maximum atomic E-state index is 9.55. The van der Waals surface area contributed by atoms with E-state index in [0.29, 0.717) is 18.1 Å². The summed E-state index contributed by atoms with van der Waals surface area (Å²) < 4.78 is 5.55. The average Bonchev–Trinajstić information content (AvgIpc) is 2.94. The Kier molecular flexibility index (Phi) is 11.2. The molecule has 0 radical (unpaired) electrons. The van der Waals surface area contributed by atoms with Gasteiger partial charge in [-0.15, -0.1) is 0 Å². The molecule has 0 aliphatic carbocycles. The minimum absolute atomic E-state index is 0.385. The molecule has 3 aromatic rings. The van der Waals surface area contributed by atoms with Crippen LogP contribution in [0.4, 0.5) is 5.69 Å². The van der Waals surface area contributed by atoms with Crippen molar-refractivity contribution >= 4 is 29.2 Å². The van der Waals surface area contributed by atoms with Gasteiger partial charge in [-0.3, -0.25) is 4.90 Å². The highest BCUT2D eigenvalue weighted by Crippen LogP contribution is 2.31. The number of carboxylic acid groups (broad SMARTS) is 2. The van der Waals surface area contributed by atoms with Gasteiger partial charge in [0.2, 0.25) is 0 Å². The number of hydrogen-bond donors (Lipinski definition) is 2. The van der Waals surface area contributed by atoms with Crippen molar-refractivity contribution in [2.45, 2.75) is 12.3 Å². The molecule has 2 N–H and O–H groups in total. The number of carboxylic acids is 2. The molecule has 4 rings (SSSR count). The van der Waals surface area contributed by atoms with E-state index in [9.17, 15) is 9.59 Å². The molecule has 3 aromatic carbocycles. The van der Waals surface area contributed by atoms with Gasteiger partial charge in [-0.2, -0.15) is 0 Å². The standard InChI is InChI=1S/C26H29ClN2O.C4H4O4/c1-30-26-10-6-5-9-25(26)29-19-17-28(18-20-29)16-15-24(21-7-3-2-4-8-21)22-11-13-23(27)14-12-22;5-3(6)1-2-4(7)8/h2-14,24H,15-20H2,1H3;1-2H,(H,5,6)(H,7,8)/b;2-1-. The van der Waals surface area contributed by atoms with Crippen molar-refractivity contribution in [1.29, 1.82) is 0 Å². The number of nitrogens with zero attached hydrogens (tertiary/aromatic N) is 2. The number of para-hydroxylation sites is 2. The van der Waals surface area contributed by atoms with Crippen molar-refractivity contribution in [2.24, 2.45) is 0 Å². The van der Waals surface area contributed by atoms with Gasteiger partial charge < -0.3 is 19.8 Å². The Morgan fingerprint density at radius 3 is 1.97 bits per heavy atom. The van der Waals surface area contributed by atoms with E-state index in [4.69, 9.17) is 26.6 Å². The molecule has 38 heavy (non-hydrogen) atoms. The van der Waals surface area contributed by atoms with Gasteiger partial charge in [0.05, 0.1) is 12.8 Å². The van der Waals surface area contributed by atoms with Crippen LogP contribution in [0.2, 0.25) is 5.02 Å². The largest absolute Gasteiger partial charge is 0.495 e. The summed E-state index contributed by atoms with van der Waals surface area (Å²) in [5.74, 6) is -1.17. The number of ether oxygens (including phenoxy) is 1. The Morgan fingerprint density at radius 1 is 0.842 bits per heavy atom. The highest BCUT2D eigenvalue weighted by atomic mass is 35.5. The van der Waals surface area contributed by atoms with Crippen LogP contribution in [-0.4, -0.2) is 66.9 Å². The number of aliphatic carboxylic acids is 2. The minimum Gasteiger partial charge on any atom is -0.495 e. The lowest BCUT2D eigenvalue weighted by Crippen LogP contribution is -2.46. The van der Waals surface area contributed by atoms with Crippen molar-refractivity contribution in [1.82, 2.24) is 4.90 Å². The van der Waals surface area contributed by atoms with Crippen molar-refractivity contribution in [3.05, 3.63) is 107 Å². The lowest BCUT2D eigenvalue weighted by Gasteiger charge is -2.37. The second-order valence-corrected chi connectivity index (χ2v) is 9.25. The molecule has 1 aliphatic rings. The fourth-order valence-corrected chi connectivity index (χ4v) is 4.59. The third-order valence-electron chi connectivity index (χ3n) is 6.37. The van der Waals surface area contributed by atoms with Crippen LogP contribution in [0.25, 0.3) is 0 Å². The number of methoxy groups -OCH3 is 1. The summed E-state index contributed by atoms with van der Waals surface area (Å²) in [6, 6.07) is 27.4. The Bertz CT molecular complexity index is 1180. The average molecular weight is 537 g/mol. The van der Waals surface area contributed by atoms with Crippen LogP contribution in [0.1, 0.15) is 23.5 Å². The zero-order valence-corrected chi connectivity index (χ0v) is 22.1. The van der Waals surface area contributed by atoms with Crippen molar-refractivity contribution in [3.63, 3.8) is 0 Å². The highest BCUT2D eigenvalue weighted by molar-refractivity contribution is 6.30. The molecule has 1 saturated heterocycles. The van der Waals surface area contributed by atoms with Crippen molar-refractivity contribution in [2.75, 3.05) is 44.7 Å². The van der Waals surface area contributed by atoms with Gasteiger partial charge in [0.25, 0.3) is 0 Å². The van der Waals surface area contributed by atoms with E-state index in [1.54, 1.807) is 7.11 Å². The number of carbonyl (C=O) groups is 2. The normalized spacial score (nSPS) is 14.4. The van der Waals surface area contributed by atoms with Gasteiger partial charge in [0, 0.05) is 49.3 Å². The van der Waals surface area contributed by atoms with E-state index in [0.717, 1.165) is 49.9 Å². The second kappa shape index (κ2) is 14.8. The Balaban J connectivity index is 0.000000436. The topological polar surface area (TPSA) is 90.3 Å². The summed E-state index contributed by atoms with van der Waals surface area (Å²) in [4.78, 5) is 24.1. The number of rotatable bonds is 9. The first-order valence-corrected chi connectivity index (χ1v) is 12.8. The summed E-state index contributed by atoms with van der Waals surface area (Å²) in [7, 11) is 1.75. The molecule has 200 valence electrons. The molecule has 0 amide bonds. The fourth-order valence-electron chi connectivity index (χ4n) is 4.46. The number of piperazine rings is 1. The third-order valence-corrected chi connectivity index (χ3v) is 6.63. The smallest absolute Gasteiger partial charge is 0.328 e. The van der Waals surface area contributed by atoms with Crippen LogP contribution in [0.5, 0.6) is 5.75 Å². The van der Waals surface area contributed by atoms with Gasteiger partial charge in [0.15, 0.2) is 0 Å². The zero-order valence-electron chi connectivity index (χ0n) is 21.4. The monoisotopic (exact) mass is 536 g/mol. The molecule has 1 unspecified atom stereocenters. The van der Waals surface area contributed by atoms with Crippen molar-refractivity contribution < 1.29 is 24.5 Å². The predicted octanol–water partition coefficient (Wildman–Crippen LogP) is 5.40. The number of benzene rings is 3. The molecule has 1 heterocycles. The maximum absolute atomic E-state index is 9.55. The van der Waals surface area contributed by atoms with Crippen LogP contribution in [0, 0.1) is 0 Å². The lowest BCUT2D eigenvalue weighted by atomic mass is 9.88. The first-order valence-electron chi connectivity index (χ1n) is 12.4. The third kappa shape index (κ3) is 8.94. The number of hydrogen-bond acceptors (Lipinski definition) is 5. The molecule has 0 spiro atoms. The number of anilines is 1. The molecule has 0 bridgehead atoms. The van der Waals surface area contributed by atoms with Crippen LogP contribution in [-0.2, 0) is 9.59 Å². The molecular formula is C30H33ClN2O5. The minimum atomic E-state index is -1.26. The van der Waals surface area contributed by atoms with Gasteiger partial charge in [-0.25, -0.2) is 9.59 Å². The summed E-state index contributed by atoms with van der Waals surface area (Å²) in [6.45, 7) is 5.27. The van der Waals surface area contributed by atoms with Crippen LogP contribution in [0.15, 0.2) is 91.0 Å². The zero-order chi connectivity index (χ0) is 27.3. The van der Waals surface area contributed by atoms with Crippen molar-refractivity contribution in [3.8, 4) is 5.75 Å². The van der Waals surface area contributed by atoms with Gasteiger partial charge in [-0.1, -0.05) is 66.2 Å². The molecule has 0 saturated carbocycles. The lowest BCUT2D eigenvalue weighted by molar-refractivity contribution is -0.134. The maximum Gasteiger partial charge on any atom is 0.328 e. The molecule has 0 aromatic heterocycles. The first-order chi connectivity index (χ1) is 18.4. The molecule has 1 fully saturated rings. The Morgan fingerprint density at radius 2 is 1.39 bits per heavy atom. The van der Waals surface area contributed by atoms with Gasteiger partial charge in [-0.05, 0) is 48.4 Å². The molecule has 1 aliphatic heterocycles. The molecule has 8 heteroatoms. The van der Waals surface area contributed by atoms with Gasteiger partial charge in [0.1, 0.15) is 5.75 Å². The van der Waals surface area contributed by atoms with E-state index >= 15 is 0 Å². The summed E-state index contributed by atoms with van der Waals surface area (Å²) in [5.41, 5.74) is 3.90. The van der Waals surface area contributed by atoms with Crippen LogP contribution < -0.4 is 9.64 Å².